The van der Waals surface area contributed by atoms with E-state index in [1.807, 2.05) is 0 Å². The van der Waals surface area contributed by atoms with E-state index in [9.17, 15) is 0 Å². The zero-order chi connectivity index (χ0) is 10.0. The van der Waals surface area contributed by atoms with Crippen molar-refractivity contribution in [2.24, 2.45) is 11.0 Å². The van der Waals surface area contributed by atoms with Crippen LogP contribution in [0.1, 0.15) is 39.0 Å². The van der Waals surface area contributed by atoms with Crippen molar-refractivity contribution in [3.63, 3.8) is 0 Å². The van der Waals surface area contributed by atoms with Gasteiger partial charge in [0, 0.05) is 4.91 Å². The van der Waals surface area contributed by atoms with Crippen LogP contribution in [0.5, 0.6) is 0 Å². The van der Waals surface area contributed by atoms with Gasteiger partial charge in [0.05, 0.1) is 18.2 Å². The van der Waals surface area contributed by atoms with Crippen LogP contribution in [0.4, 0.5) is 0 Å². The summed E-state index contributed by atoms with van der Waals surface area (Å²) in [7, 11) is 0. The summed E-state index contributed by atoms with van der Waals surface area (Å²) in [5.41, 5.74) is 8.37. The summed E-state index contributed by atoms with van der Waals surface area (Å²) < 4.78 is 6.06. The van der Waals surface area contributed by atoms with Gasteiger partial charge in [-0.3, -0.25) is 0 Å². The van der Waals surface area contributed by atoms with Crippen molar-refractivity contribution in [3.8, 4) is 0 Å². The molecule has 14 heavy (non-hydrogen) atoms. The average molecular weight is 195 g/mol. The smallest absolute Gasteiger partial charge is 0.0712 e. The lowest BCUT2D eigenvalue weighted by molar-refractivity contribution is -0.0579. The molecule has 2 rings (SSSR count). The van der Waals surface area contributed by atoms with Crippen molar-refractivity contribution >= 4 is 0 Å². The van der Waals surface area contributed by atoms with Gasteiger partial charge in [-0.15, -0.1) is 0 Å². The Morgan fingerprint density at radius 1 is 1.50 bits per heavy atom. The van der Waals surface area contributed by atoms with Gasteiger partial charge in [-0.25, -0.2) is 0 Å². The first-order valence-electron chi connectivity index (χ1n) is 5.45. The third-order valence-electron chi connectivity index (χ3n) is 3.77. The van der Waals surface area contributed by atoms with Crippen molar-refractivity contribution in [2.45, 2.75) is 50.7 Å². The number of azide groups is 1. The minimum Gasteiger partial charge on any atom is -0.371 e. The standard InChI is InChI=1S/C10H17N3O/c1-8-3-2-5-10(8)6-4-9(14-10)7-12-13-11/h8-9H,2-7H2,1H3/t8-,9+,10+/m1/s1. The fourth-order valence-electron chi connectivity index (χ4n) is 2.87. The molecule has 0 bridgehead atoms. The van der Waals surface area contributed by atoms with Gasteiger partial charge in [-0.2, -0.15) is 0 Å². The summed E-state index contributed by atoms with van der Waals surface area (Å²) in [5, 5.41) is 3.59. The van der Waals surface area contributed by atoms with E-state index in [0.717, 1.165) is 12.8 Å². The molecule has 0 radical (unpaired) electrons. The van der Waals surface area contributed by atoms with E-state index >= 15 is 0 Å². The zero-order valence-corrected chi connectivity index (χ0v) is 8.65. The van der Waals surface area contributed by atoms with Gasteiger partial charge in [0.2, 0.25) is 0 Å². The SMILES string of the molecule is C[C@@H]1CCC[C@]12CC[C@@H](CN=[N+]=[N-])O2. The molecular weight excluding hydrogens is 178 g/mol. The molecule has 1 aliphatic heterocycles. The highest BCUT2D eigenvalue weighted by atomic mass is 16.5. The lowest BCUT2D eigenvalue weighted by Gasteiger charge is -2.29. The van der Waals surface area contributed by atoms with Crippen molar-refractivity contribution in [2.75, 3.05) is 6.54 Å². The molecule has 1 spiro atoms. The van der Waals surface area contributed by atoms with Crippen molar-refractivity contribution in [3.05, 3.63) is 10.4 Å². The highest BCUT2D eigenvalue weighted by Crippen LogP contribution is 2.47. The molecule has 1 saturated carbocycles. The maximum atomic E-state index is 8.24. The maximum absolute atomic E-state index is 8.24. The lowest BCUT2D eigenvalue weighted by Crippen LogP contribution is -2.32. The predicted octanol–water partition coefficient (Wildman–Crippen LogP) is 3.03. The third-order valence-corrected chi connectivity index (χ3v) is 3.77. The average Bonchev–Trinajstić information content (AvgIpc) is 2.74. The van der Waals surface area contributed by atoms with Crippen LogP contribution in [0.2, 0.25) is 0 Å². The Kier molecular flexibility index (Phi) is 2.66. The minimum absolute atomic E-state index is 0.135. The molecule has 0 unspecified atom stereocenters. The molecular formula is C10H17N3O. The topological polar surface area (TPSA) is 58.0 Å². The molecule has 4 heteroatoms. The van der Waals surface area contributed by atoms with Crippen LogP contribution in [-0.2, 0) is 4.74 Å². The summed E-state index contributed by atoms with van der Waals surface area (Å²) in [6.45, 7) is 2.79. The molecule has 2 aliphatic rings. The van der Waals surface area contributed by atoms with Gasteiger partial charge < -0.3 is 4.74 Å². The van der Waals surface area contributed by atoms with Crippen LogP contribution < -0.4 is 0 Å². The molecule has 0 amide bonds. The van der Waals surface area contributed by atoms with Crippen LogP contribution in [0, 0.1) is 5.92 Å². The third kappa shape index (κ3) is 1.60. The first kappa shape index (κ1) is 9.81. The summed E-state index contributed by atoms with van der Waals surface area (Å²) in [4.78, 5) is 2.78. The Bertz CT molecular complexity index is 262. The monoisotopic (exact) mass is 195 g/mol. The largest absolute Gasteiger partial charge is 0.371 e. The normalized spacial score (nSPS) is 41.5. The van der Waals surface area contributed by atoms with E-state index in [1.165, 1.54) is 19.3 Å². The first-order chi connectivity index (χ1) is 6.77. The van der Waals surface area contributed by atoms with E-state index in [4.69, 9.17) is 10.3 Å². The van der Waals surface area contributed by atoms with E-state index < -0.39 is 0 Å². The minimum atomic E-state index is 0.135. The molecule has 1 aliphatic carbocycles. The van der Waals surface area contributed by atoms with E-state index in [2.05, 4.69) is 16.9 Å². The van der Waals surface area contributed by atoms with Crippen molar-refractivity contribution in [1.29, 1.82) is 0 Å². The van der Waals surface area contributed by atoms with Gasteiger partial charge in [-0.1, -0.05) is 18.5 Å². The second kappa shape index (κ2) is 3.79. The van der Waals surface area contributed by atoms with E-state index in [0.29, 0.717) is 12.5 Å². The molecule has 0 aromatic rings. The number of rotatable bonds is 2. The Hall–Kier alpha value is -0.730. The molecule has 2 fully saturated rings. The summed E-state index contributed by atoms with van der Waals surface area (Å²) in [5.74, 6) is 0.679. The predicted molar refractivity (Wildman–Crippen MR) is 53.9 cm³/mol. The fourth-order valence-corrected chi connectivity index (χ4v) is 2.87. The Labute approximate surface area is 84.3 Å². The second-order valence-electron chi connectivity index (χ2n) is 4.55. The van der Waals surface area contributed by atoms with Gasteiger partial charge in [0.15, 0.2) is 0 Å². The van der Waals surface area contributed by atoms with Crippen molar-refractivity contribution < 1.29 is 4.74 Å². The highest BCUT2D eigenvalue weighted by molar-refractivity contribution is 4.97. The van der Waals surface area contributed by atoms with E-state index in [1.54, 1.807) is 0 Å². The van der Waals surface area contributed by atoms with Crippen LogP contribution in [0.15, 0.2) is 5.11 Å². The van der Waals surface area contributed by atoms with E-state index in [-0.39, 0.29) is 11.7 Å². The number of ether oxygens (including phenoxy) is 1. The van der Waals surface area contributed by atoms with Crippen LogP contribution >= 0.6 is 0 Å². The molecule has 1 heterocycles. The van der Waals surface area contributed by atoms with Gasteiger partial charge >= 0.3 is 0 Å². The van der Waals surface area contributed by atoms with Crippen LogP contribution in [-0.4, -0.2) is 18.2 Å². The number of hydrogen-bond donors (Lipinski definition) is 0. The first-order valence-corrected chi connectivity index (χ1v) is 5.45. The zero-order valence-electron chi connectivity index (χ0n) is 8.65. The highest BCUT2D eigenvalue weighted by Gasteiger charge is 2.46. The molecule has 4 nitrogen and oxygen atoms in total. The van der Waals surface area contributed by atoms with Crippen LogP contribution in [0.25, 0.3) is 10.4 Å². The van der Waals surface area contributed by atoms with Gasteiger partial charge in [0.25, 0.3) is 0 Å². The number of hydrogen-bond acceptors (Lipinski definition) is 2. The Balaban J connectivity index is 1.96. The number of nitrogens with zero attached hydrogens (tertiary/aromatic N) is 3. The summed E-state index contributed by atoms with van der Waals surface area (Å²) >= 11 is 0. The molecule has 3 atom stereocenters. The molecule has 0 N–H and O–H groups in total. The molecule has 78 valence electrons. The Morgan fingerprint density at radius 3 is 3.00 bits per heavy atom. The van der Waals surface area contributed by atoms with Crippen molar-refractivity contribution in [1.82, 2.24) is 0 Å². The maximum Gasteiger partial charge on any atom is 0.0712 e. The lowest BCUT2D eigenvalue weighted by atomic mass is 9.89. The van der Waals surface area contributed by atoms with Gasteiger partial charge in [0.1, 0.15) is 0 Å². The second-order valence-corrected chi connectivity index (χ2v) is 4.55. The molecule has 0 aromatic carbocycles. The van der Waals surface area contributed by atoms with Gasteiger partial charge in [-0.05, 0) is 37.1 Å². The summed E-state index contributed by atoms with van der Waals surface area (Å²) in [6.07, 6.45) is 6.15. The summed E-state index contributed by atoms with van der Waals surface area (Å²) in [6, 6.07) is 0. The molecule has 0 aromatic heterocycles. The Morgan fingerprint density at radius 2 is 2.36 bits per heavy atom. The fraction of sp³-hybridized carbons (Fsp3) is 1.00. The van der Waals surface area contributed by atoms with Crippen LogP contribution in [0.3, 0.4) is 0 Å². The molecule has 1 saturated heterocycles. The quantitative estimate of drug-likeness (QED) is 0.379.